The third-order valence-corrected chi connectivity index (χ3v) is 13.2. The summed E-state index contributed by atoms with van der Waals surface area (Å²) in [5.41, 5.74) is 20.2. The topological polar surface area (TPSA) is 32.8 Å². The lowest BCUT2D eigenvalue weighted by Gasteiger charge is -2.45. The zero-order valence-corrected chi connectivity index (χ0v) is 34.0. The summed E-state index contributed by atoms with van der Waals surface area (Å²) in [6, 6.07) is 43.4. The van der Waals surface area contributed by atoms with E-state index in [-0.39, 0.29) is 11.8 Å². The van der Waals surface area contributed by atoms with Crippen LogP contribution in [0.5, 0.6) is 0 Å². The summed E-state index contributed by atoms with van der Waals surface area (Å²) in [6.07, 6.45) is 18.8. The van der Waals surface area contributed by atoms with Crippen LogP contribution in [0.25, 0.3) is 43.9 Å². The molecule has 4 aliphatic rings. The summed E-state index contributed by atoms with van der Waals surface area (Å²) < 4.78 is 13.7. The molecule has 4 nitrogen and oxygen atoms in total. The van der Waals surface area contributed by atoms with Gasteiger partial charge in [0.15, 0.2) is 11.2 Å². The highest BCUT2D eigenvalue weighted by Gasteiger charge is 2.43. The van der Waals surface area contributed by atoms with E-state index in [0.717, 1.165) is 89.1 Å². The van der Waals surface area contributed by atoms with Crippen LogP contribution >= 0.6 is 0 Å². The number of furan rings is 2. The molecule has 6 aromatic carbocycles. The monoisotopic (exact) mass is 774 g/mol. The Kier molecular flexibility index (Phi) is 7.58. The quantitative estimate of drug-likeness (QED) is 0.168. The molecule has 0 fully saturated rings. The van der Waals surface area contributed by atoms with Crippen molar-refractivity contribution >= 4 is 66.6 Å². The summed E-state index contributed by atoms with van der Waals surface area (Å²) >= 11 is 0. The smallest absolute Gasteiger partial charge is 0.159 e. The van der Waals surface area contributed by atoms with Gasteiger partial charge < -0.3 is 18.6 Å². The summed E-state index contributed by atoms with van der Waals surface area (Å²) in [7, 11) is 0. The van der Waals surface area contributed by atoms with Crippen molar-refractivity contribution < 1.29 is 8.83 Å². The molecule has 4 aliphatic carbocycles. The lowest BCUT2D eigenvalue weighted by atomic mass is 9.63. The fourth-order valence-corrected chi connectivity index (χ4v) is 10.3. The average Bonchev–Trinajstić information content (AvgIpc) is 3.86. The van der Waals surface area contributed by atoms with Crippen molar-refractivity contribution in [2.45, 2.75) is 27.7 Å². The van der Waals surface area contributed by atoms with Crippen molar-refractivity contribution in [2.24, 2.45) is 11.8 Å². The highest BCUT2D eigenvalue weighted by atomic mass is 16.3. The van der Waals surface area contributed by atoms with Gasteiger partial charge >= 0.3 is 0 Å². The van der Waals surface area contributed by atoms with Crippen LogP contribution in [0.4, 0.5) is 22.7 Å². The molecule has 8 aromatic rings. The predicted octanol–water partition coefficient (Wildman–Crippen LogP) is 15.0. The van der Waals surface area contributed by atoms with Gasteiger partial charge in [0.05, 0.1) is 22.8 Å². The van der Waals surface area contributed by atoms with Gasteiger partial charge in [-0.1, -0.05) is 134 Å². The normalized spacial score (nSPS) is 17.9. The number of hydrogen-bond acceptors (Lipinski definition) is 4. The van der Waals surface area contributed by atoms with Crippen LogP contribution in [-0.4, -0.2) is 0 Å². The van der Waals surface area contributed by atoms with E-state index in [1.54, 1.807) is 0 Å². The Hall–Kier alpha value is -7.30. The number of aryl methyl sites for hydroxylation is 4. The van der Waals surface area contributed by atoms with Gasteiger partial charge in [-0.05, 0) is 109 Å². The molecule has 4 heteroatoms. The van der Waals surface area contributed by atoms with Crippen LogP contribution in [0.3, 0.4) is 0 Å². The molecular weight excluding hydrogens is 733 g/mol. The van der Waals surface area contributed by atoms with E-state index in [4.69, 9.17) is 8.83 Å². The molecule has 2 heterocycles. The van der Waals surface area contributed by atoms with Crippen molar-refractivity contribution in [1.29, 1.82) is 0 Å². The maximum atomic E-state index is 6.85. The second-order valence-corrected chi connectivity index (χ2v) is 16.6. The van der Waals surface area contributed by atoms with Gasteiger partial charge in [-0.2, -0.15) is 0 Å². The molecule has 2 aromatic heterocycles. The zero-order chi connectivity index (χ0) is 40.2. The molecule has 2 unspecified atom stereocenters. The standard InChI is InChI=1S/C56H42N2O2/c1-33-13-5-7-21-45(33)57(49-23-11-19-41-39-17-9-15-35(3)53(39)59-55(41)49)47-31-27-37-26-30-44-48(32-28-38-25-29-43(47)51(37)52(38)44)58(46-22-8-6-14-34(46)2)50-24-12-20-42-40-18-10-16-36(4)54(40)60-56(42)50/h5-32,51-52H,1-4H3. The third-order valence-electron chi connectivity index (χ3n) is 13.2. The van der Waals surface area contributed by atoms with E-state index in [1.165, 1.54) is 33.4 Å². The predicted molar refractivity (Wildman–Crippen MR) is 248 cm³/mol. The molecule has 288 valence electrons. The molecular formula is C56H42N2O2. The van der Waals surface area contributed by atoms with Crippen LogP contribution in [0.1, 0.15) is 22.3 Å². The Labute approximate surface area is 349 Å². The van der Waals surface area contributed by atoms with Crippen LogP contribution < -0.4 is 9.80 Å². The number of benzene rings is 6. The van der Waals surface area contributed by atoms with Crippen molar-refractivity contribution in [3.8, 4) is 0 Å². The van der Waals surface area contributed by atoms with Gasteiger partial charge in [-0.3, -0.25) is 0 Å². The minimum atomic E-state index is 0.108. The summed E-state index contributed by atoms with van der Waals surface area (Å²) in [5, 5.41) is 4.52. The molecule has 0 aliphatic heterocycles. The van der Waals surface area contributed by atoms with Gasteiger partial charge in [0, 0.05) is 44.8 Å². The van der Waals surface area contributed by atoms with E-state index >= 15 is 0 Å². The summed E-state index contributed by atoms with van der Waals surface area (Å²) in [4.78, 5) is 4.89. The number of hydrogen-bond donors (Lipinski definition) is 0. The second kappa shape index (κ2) is 13.1. The van der Waals surface area contributed by atoms with Crippen molar-refractivity contribution in [3.05, 3.63) is 226 Å². The summed E-state index contributed by atoms with van der Waals surface area (Å²) in [6.45, 7) is 8.66. The van der Waals surface area contributed by atoms with Crippen LogP contribution in [0, 0.1) is 39.5 Å². The minimum Gasteiger partial charge on any atom is -0.454 e. The Morgan fingerprint density at radius 2 is 0.850 bits per heavy atom. The summed E-state index contributed by atoms with van der Waals surface area (Å²) in [5.74, 6) is 0.217. The number of para-hydroxylation sites is 6. The number of allylic oxidation sites excluding steroid dienone is 12. The maximum Gasteiger partial charge on any atom is 0.159 e. The van der Waals surface area contributed by atoms with E-state index in [2.05, 4.69) is 207 Å². The Morgan fingerprint density at radius 1 is 0.383 bits per heavy atom. The van der Waals surface area contributed by atoms with E-state index < -0.39 is 0 Å². The molecule has 60 heavy (non-hydrogen) atoms. The molecule has 0 saturated heterocycles. The van der Waals surface area contributed by atoms with Crippen LogP contribution in [0.15, 0.2) is 212 Å². The number of fused-ring (bicyclic) bond motifs is 6. The molecule has 0 amide bonds. The Balaban J connectivity index is 1.05. The lowest BCUT2D eigenvalue weighted by molar-refractivity contribution is 0.551. The van der Waals surface area contributed by atoms with Crippen molar-refractivity contribution in [2.75, 3.05) is 9.80 Å². The largest absolute Gasteiger partial charge is 0.454 e. The highest BCUT2D eigenvalue weighted by Crippen LogP contribution is 2.55. The molecule has 0 radical (unpaired) electrons. The number of rotatable bonds is 6. The number of nitrogens with zero attached hydrogens (tertiary/aromatic N) is 2. The van der Waals surface area contributed by atoms with Gasteiger partial charge in [0.1, 0.15) is 11.2 Å². The zero-order valence-electron chi connectivity index (χ0n) is 34.0. The van der Waals surface area contributed by atoms with Gasteiger partial charge in [-0.25, -0.2) is 0 Å². The van der Waals surface area contributed by atoms with E-state index in [1.807, 2.05) is 0 Å². The second-order valence-electron chi connectivity index (χ2n) is 16.6. The fraction of sp³-hybridized carbons (Fsp3) is 0.107. The van der Waals surface area contributed by atoms with Crippen molar-refractivity contribution in [3.63, 3.8) is 0 Å². The van der Waals surface area contributed by atoms with E-state index in [9.17, 15) is 0 Å². The van der Waals surface area contributed by atoms with E-state index in [0.29, 0.717) is 0 Å². The minimum absolute atomic E-state index is 0.108. The molecule has 2 atom stereocenters. The first kappa shape index (κ1) is 34.7. The molecule has 0 saturated carbocycles. The van der Waals surface area contributed by atoms with Gasteiger partial charge in [0.2, 0.25) is 0 Å². The SMILES string of the molecule is Cc1ccccc1N(C1=CC=C2C=CC3=C(N(c4ccccc4C)c4cccc5c4oc4c(C)cccc45)C=CC4=CC=C1C2C43)c1cccc2c1oc1c(C)cccc12. The molecule has 0 bridgehead atoms. The van der Waals surface area contributed by atoms with Gasteiger partial charge in [0.25, 0.3) is 0 Å². The first-order chi connectivity index (χ1) is 29.4. The molecule has 0 N–H and O–H groups in total. The van der Waals surface area contributed by atoms with Gasteiger partial charge in [-0.15, -0.1) is 0 Å². The van der Waals surface area contributed by atoms with Crippen LogP contribution in [-0.2, 0) is 0 Å². The third kappa shape index (κ3) is 4.97. The van der Waals surface area contributed by atoms with Crippen molar-refractivity contribution in [1.82, 2.24) is 0 Å². The molecule has 12 rings (SSSR count). The highest BCUT2D eigenvalue weighted by molar-refractivity contribution is 6.12. The first-order valence-corrected chi connectivity index (χ1v) is 20.9. The number of anilines is 4. The Morgan fingerprint density at radius 3 is 1.47 bits per heavy atom. The fourth-order valence-electron chi connectivity index (χ4n) is 10.3. The molecule has 0 spiro atoms. The first-order valence-electron chi connectivity index (χ1n) is 20.9. The Bertz CT molecular complexity index is 3390. The maximum absolute atomic E-state index is 6.85. The van der Waals surface area contributed by atoms with Crippen LogP contribution in [0.2, 0.25) is 0 Å². The lowest BCUT2D eigenvalue weighted by Crippen LogP contribution is -2.35. The average molecular weight is 775 g/mol.